The fourth-order valence-corrected chi connectivity index (χ4v) is 1.04. The Morgan fingerprint density at radius 2 is 1.83 bits per heavy atom. The molecule has 0 saturated heterocycles. The molecule has 2 aromatic rings. The van der Waals surface area contributed by atoms with Crippen molar-refractivity contribution in [1.29, 1.82) is 0 Å². The first-order valence-corrected chi connectivity index (χ1v) is 3.71. The van der Waals surface area contributed by atoms with E-state index in [-0.39, 0.29) is 0 Å². The number of hydrogen-bond acceptors (Lipinski definition) is 2. The second kappa shape index (κ2) is 3.13. The topological polar surface area (TPSA) is 25.8 Å². The van der Waals surface area contributed by atoms with Gasteiger partial charge in [-0.3, -0.25) is 0 Å². The minimum Gasteiger partial charge on any atom is -0.158 e. The van der Waals surface area contributed by atoms with Gasteiger partial charge in [0.25, 0.3) is 0 Å². The van der Waals surface area contributed by atoms with Crippen LogP contribution in [-0.4, -0.2) is 10.2 Å². The van der Waals surface area contributed by atoms with E-state index in [1.165, 1.54) is 0 Å². The lowest BCUT2D eigenvalue weighted by Crippen LogP contribution is -1.81. The molecule has 0 aliphatic carbocycles. The molecule has 2 rings (SSSR count). The standard InChI is InChI=1S/C10H7N2/c1-2-4-9(5-3-1)10-6-7-11-12-8-10/h1-7H. The highest BCUT2D eigenvalue weighted by atomic mass is 15.1. The van der Waals surface area contributed by atoms with Crippen LogP contribution in [0.2, 0.25) is 0 Å². The molecule has 12 heavy (non-hydrogen) atoms. The Bertz CT molecular complexity index is 305. The molecule has 2 heteroatoms. The van der Waals surface area contributed by atoms with Crippen molar-refractivity contribution in [2.75, 3.05) is 0 Å². The molecule has 1 radical (unpaired) electrons. The van der Waals surface area contributed by atoms with Gasteiger partial charge >= 0.3 is 0 Å². The fraction of sp³-hybridized carbons (Fsp3) is 0. The van der Waals surface area contributed by atoms with Crippen molar-refractivity contribution in [3.63, 3.8) is 0 Å². The minimum absolute atomic E-state index is 0.977. The Labute approximate surface area is 70.9 Å². The van der Waals surface area contributed by atoms with Gasteiger partial charge in [0.15, 0.2) is 0 Å². The maximum atomic E-state index is 3.69. The smallest absolute Gasteiger partial charge is 0.122 e. The van der Waals surface area contributed by atoms with Crippen LogP contribution < -0.4 is 0 Å². The first-order valence-electron chi connectivity index (χ1n) is 3.71. The first kappa shape index (κ1) is 6.98. The lowest BCUT2D eigenvalue weighted by molar-refractivity contribution is 1.02. The lowest BCUT2D eigenvalue weighted by atomic mass is 10.1. The first-order chi connectivity index (χ1) is 5.97. The van der Waals surface area contributed by atoms with E-state index in [0.29, 0.717) is 0 Å². The summed E-state index contributed by atoms with van der Waals surface area (Å²) < 4.78 is 0. The SMILES string of the molecule is [c]1nnccc1-c1ccccc1. The second-order valence-corrected chi connectivity index (χ2v) is 2.42. The summed E-state index contributed by atoms with van der Waals surface area (Å²) in [6, 6.07) is 11.9. The molecule has 0 aliphatic rings. The molecule has 0 bridgehead atoms. The van der Waals surface area contributed by atoms with Crippen LogP contribution in [0.3, 0.4) is 0 Å². The van der Waals surface area contributed by atoms with Crippen molar-refractivity contribution in [3.8, 4) is 11.1 Å². The summed E-state index contributed by atoms with van der Waals surface area (Å²) in [5.74, 6) is 0. The van der Waals surface area contributed by atoms with Crippen LogP contribution in [0.5, 0.6) is 0 Å². The highest BCUT2D eigenvalue weighted by molar-refractivity contribution is 5.60. The summed E-state index contributed by atoms with van der Waals surface area (Å²) in [7, 11) is 0. The lowest BCUT2D eigenvalue weighted by Gasteiger charge is -1.96. The number of hydrogen-bond donors (Lipinski definition) is 0. The summed E-state index contributed by atoms with van der Waals surface area (Å²) in [5, 5.41) is 7.35. The van der Waals surface area contributed by atoms with Crippen LogP contribution in [0.15, 0.2) is 42.6 Å². The highest BCUT2D eigenvalue weighted by Crippen LogP contribution is 2.14. The van der Waals surface area contributed by atoms with E-state index in [2.05, 4.69) is 16.4 Å². The van der Waals surface area contributed by atoms with Gasteiger partial charge in [0.1, 0.15) is 6.20 Å². The van der Waals surface area contributed by atoms with E-state index in [9.17, 15) is 0 Å². The molecule has 0 aliphatic heterocycles. The Morgan fingerprint density at radius 3 is 2.50 bits per heavy atom. The summed E-state index contributed by atoms with van der Waals surface area (Å²) in [5.41, 5.74) is 2.10. The molecule has 0 unspecified atom stereocenters. The van der Waals surface area contributed by atoms with E-state index in [4.69, 9.17) is 0 Å². The number of rotatable bonds is 1. The number of benzene rings is 1. The Hall–Kier alpha value is -1.70. The molecule has 1 aromatic carbocycles. The fourth-order valence-electron chi connectivity index (χ4n) is 1.04. The van der Waals surface area contributed by atoms with Gasteiger partial charge in [-0.15, -0.1) is 5.10 Å². The van der Waals surface area contributed by atoms with Crippen molar-refractivity contribution in [3.05, 3.63) is 48.8 Å². The van der Waals surface area contributed by atoms with Crippen molar-refractivity contribution < 1.29 is 0 Å². The normalized spacial score (nSPS) is 9.67. The van der Waals surface area contributed by atoms with Crippen LogP contribution in [-0.2, 0) is 0 Å². The van der Waals surface area contributed by atoms with Crippen LogP contribution in [0.4, 0.5) is 0 Å². The van der Waals surface area contributed by atoms with Gasteiger partial charge < -0.3 is 0 Å². The molecule has 0 spiro atoms. The molecule has 1 aromatic heterocycles. The average Bonchev–Trinajstić information content (AvgIpc) is 2.21. The maximum absolute atomic E-state index is 3.69. The summed E-state index contributed by atoms with van der Waals surface area (Å²) in [6.45, 7) is 0. The zero-order valence-electron chi connectivity index (χ0n) is 6.44. The van der Waals surface area contributed by atoms with E-state index < -0.39 is 0 Å². The highest BCUT2D eigenvalue weighted by Gasteiger charge is 1.94. The minimum atomic E-state index is 0.977. The third-order valence-corrected chi connectivity index (χ3v) is 1.62. The molecule has 0 atom stereocenters. The third kappa shape index (κ3) is 1.32. The molecule has 0 fully saturated rings. The van der Waals surface area contributed by atoms with Crippen molar-refractivity contribution >= 4 is 0 Å². The van der Waals surface area contributed by atoms with Gasteiger partial charge in [-0.05, 0) is 11.6 Å². The molecule has 0 saturated carbocycles. The van der Waals surface area contributed by atoms with Gasteiger partial charge in [-0.25, -0.2) is 0 Å². The molecule has 2 nitrogen and oxygen atoms in total. The molecule has 0 amide bonds. The van der Waals surface area contributed by atoms with E-state index >= 15 is 0 Å². The van der Waals surface area contributed by atoms with Gasteiger partial charge in [0.2, 0.25) is 0 Å². The summed E-state index contributed by atoms with van der Waals surface area (Å²) in [4.78, 5) is 0. The Kier molecular flexibility index (Phi) is 1.82. The average molecular weight is 155 g/mol. The Balaban J connectivity index is 2.46. The van der Waals surface area contributed by atoms with E-state index in [1.54, 1.807) is 6.20 Å². The predicted molar refractivity (Wildman–Crippen MR) is 46.3 cm³/mol. The van der Waals surface area contributed by atoms with Crippen LogP contribution in [0.25, 0.3) is 11.1 Å². The van der Waals surface area contributed by atoms with E-state index in [0.717, 1.165) is 11.1 Å². The molecular weight excluding hydrogens is 148 g/mol. The molecule has 0 N–H and O–H groups in total. The largest absolute Gasteiger partial charge is 0.158 e. The van der Waals surface area contributed by atoms with Crippen molar-refractivity contribution in [2.24, 2.45) is 0 Å². The van der Waals surface area contributed by atoms with Crippen molar-refractivity contribution in [2.45, 2.75) is 0 Å². The van der Waals surface area contributed by atoms with Crippen LogP contribution >= 0.6 is 0 Å². The van der Waals surface area contributed by atoms with E-state index in [1.807, 2.05) is 36.4 Å². The van der Waals surface area contributed by atoms with Crippen LogP contribution in [0, 0.1) is 6.20 Å². The quantitative estimate of drug-likeness (QED) is 0.629. The van der Waals surface area contributed by atoms with Crippen molar-refractivity contribution in [1.82, 2.24) is 10.2 Å². The summed E-state index contributed by atoms with van der Waals surface area (Å²) >= 11 is 0. The van der Waals surface area contributed by atoms with Gasteiger partial charge in [0, 0.05) is 5.56 Å². The summed E-state index contributed by atoms with van der Waals surface area (Å²) in [6.07, 6.45) is 4.49. The monoisotopic (exact) mass is 155 g/mol. The maximum Gasteiger partial charge on any atom is 0.122 e. The zero-order chi connectivity index (χ0) is 8.23. The Morgan fingerprint density at radius 1 is 1.00 bits per heavy atom. The predicted octanol–water partition coefficient (Wildman–Crippen LogP) is 1.94. The van der Waals surface area contributed by atoms with Gasteiger partial charge in [-0.1, -0.05) is 30.3 Å². The molecule has 1 heterocycles. The third-order valence-electron chi connectivity index (χ3n) is 1.62. The van der Waals surface area contributed by atoms with Gasteiger partial charge in [-0.2, -0.15) is 5.10 Å². The molecule has 57 valence electrons. The van der Waals surface area contributed by atoms with Gasteiger partial charge in [0.05, 0.1) is 6.20 Å². The van der Waals surface area contributed by atoms with Crippen LogP contribution in [0.1, 0.15) is 0 Å². The zero-order valence-corrected chi connectivity index (χ0v) is 6.44. The molecular formula is C10H7N2. The number of nitrogens with zero attached hydrogens (tertiary/aromatic N) is 2. The number of aromatic nitrogens is 2. The second-order valence-electron chi connectivity index (χ2n) is 2.42.